The van der Waals surface area contributed by atoms with Gasteiger partial charge in [0.2, 0.25) is 11.8 Å². The average Bonchev–Trinajstić information content (AvgIpc) is 2.26. The first kappa shape index (κ1) is 15.0. The normalized spacial score (nSPS) is 11.0. The molecule has 1 aromatic rings. The zero-order valence-electron chi connectivity index (χ0n) is 10.4. The molecule has 0 spiro atoms. The smallest absolute Gasteiger partial charge is 0.326 e. The predicted molar refractivity (Wildman–Crippen MR) is 64.8 cm³/mol. The zero-order chi connectivity index (χ0) is 14.6. The first-order chi connectivity index (χ1) is 8.69. The number of halogens is 3. The summed E-state index contributed by atoms with van der Waals surface area (Å²) in [4.78, 5) is 23.5. The van der Waals surface area contributed by atoms with Crippen LogP contribution >= 0.6 is 0 Å². The lowest BCUT2D eigenvalue weighted by Gasteiger charge is -2.15. The fourth-order valence-electron chi connectivity index (χ4n) is 1.34. The first-order valence-corrected chi connectivity index (χ1v) is 5.40. The Morgan fingerprint density at radius 2 is 1.74 bits per heavy atom. The molecule has 0 radical (unpaired) electrons. The second-order valence-electron chi connectivity index (χ2n) is 3.97. The van der Waals surface area contributed by atoms with Gasteiger partial charge in [-0.1, -0.05) is 0 Å². The number of nitrogens with one attached hydrogen (secondary N) is 1. The van der Waals surface area contributed by atoms with Gasteiger partial charge in [0, 0.05) is 25.3 Å². The van der Waals surface area contributed by atoms with Crippen LogP contribution in [0.1, 0.15) is 13.3 Å². The number of carbonyl (C=O) groups excluding carboxylic acids is 2. The topological polar surface area (TPSA) is 49.4 Å². The predicted octanol–water partition coefficient (Wildman–Crippen LogP) is 2.56. The van der Waals surface area contributed by atoms with Crippen molar-refractivity contribution in [2.24, 2.45) is 0 Å². The molecule has 0 aromatic heterocycles. The highest BCUT2D eigenvalue weighted by molar-refractivity contribution is 5.93. The van der Waals surface area contributed by atoms with Gasteiger partial charge in [-0.25, -0.2) is 0 Å². The Bertz CT molecular complexity index is 469. The van der Waals surface area contributed by atoms with E-state index < -0.39 is 18.5 Å². The molecule has 0 unspecified atom stereocenters. The Balaban J connectivity index is 2.67. The second kappa shape index (κ2) is 5.73. The van der Waals surface area contributed by atoms with Gasteiger partial charge in [0.1, 0.15) is 6.42 Å². The maximum Gasteiger partial charge on any atom is 0.397 e. The summed E-state index contributed by atoms with van der Waals surface area (Å²) in [5.41, 5.74) is 0.830. The molecule has 2 amide bonds. The van der Waals surface area contributed by atoms with Crippen molar-refractivity contribution >= 4 is 23.2 Å². The van der Waals surface area contributed by atoms with Gasteiger partial charge in [-0.3, -0.25) is 9.59 Å². The molecule has 19 heavy (non-hydrogen) atoms. The molecule has 0 aliphatic heterocycles. The van der Waals surface area contributed by atoms with Crippen molar-refractivity contribution in [3.8, 4) is 0 Å². The lowest BCUT2D eigenvalue weighted by molar-refractivity contribution is -0.150. The summed E-state index contributed by atoms with van der Waals surface area (Å²) < 4.78 is 35.9. The third-order valence-electron chi connectivity index (χ3n) is 2.37. The number of anilines is 2. The summed E-state index contributed by atoms with van der Waals surface area (Å²) in [6.45, 7) is 1.39. The zero-order valence-corrected chi connectivity index (χ0v) is 10.4. The fraction of sp³-hybridized carbons (Fsp3) is 0.333. The van der Waals surface area contributed by atoms with Crippen LogP contribution in [0.5, 0.6) is 0 Å². The minimum absolute atomic E-state index is 0.172. The minimum Gasteiger partial charge on any atom is -0.326 e. The van der Waals surface area contributed by atoms with E-state index in [2.05, 4.69) is 5.32 Å². The molecule has 0 heterocycles. The maximum atomic E-state index is 12.0. The van der Waals surface area contributed by atoms with E-state index in [0.717, 1.165) is 0 Å². The van der Waals surface area contributed by atoms with Gasteiger partial charge in [-0.2, -0.15) is 13.2 Å². The SMILES string of the molecule is CC(=O)N(C)c1ccc(NC(=O)CC(F)(F)F)cc1. The highest BCUT2D eigenvalue weighted by Gasteiger charge is 2.31. The second-order valence-corrected chi connectivity index (χ2v) is 3.97. The summed E-state index contributed by atoms with van der Waals surface area (Å²) in [5, 5.41) is 2.13. The van der Waals surface area contributed by atoms with Crippen LogP contribution in [0.3, 0.4) is 0 Å². The Hall–Kier alpha value is -2.05. The van der Waals surface area contributed by atoms with Gasteiger partial charge >= 0.3 is 6.18 Å². The average molecular weight is 274 g/mol. The molecule has 0 aliphatic rings. The van der Waals surface area contributed by atoms with Gasteiger partial charge < -0.3 is 10.2 Å². The summed E-state index contributed by atoms with van der Waals surface area (Å²) in [5.74, 6) is -1.30. The van der Waals surface area contributed by atoms with E-state index in [1.165, 1.54) is 36.1 Å². The van der Waals surface area contributed by atoms with Gasteiger partial charge in [-0.05, 0) is 24.3 Å². The van der Waals surface area contributed by atoms with Crippen LogP contribution in [-0.4, -0.2) is 25.0 Å². The van der Waals surface area contributed by atoms with Crippen molar-refractivity contribution in [3.05, 3.63) is 24.3 Å². The highest BCUT2D eigenvalue weighted by atomic mass is 19.4. The number of nitrogens with zero attached hydrogens (tertiary/aromatic N) is 1. The van der Waals surface area contributed by atoms with Crippen LogP contribution in [0.4, 0.5) is 24.5 Å². The number of hydrogen-bond donors (Lipinski definition) is 1. The van der Waals surface area contributed by atoms with E-state index in [1.807, 2.05) is 0 Å². The lowest BCUT2D eigenvalue weighted by atomic mass is 10.2. The minimum atomic E-state index is -4.53. The first-order valence-electron chi connectivity index (χ1n) is 5.40. The maximum absolute atomic E-state index is 12.0. The van der Waals surface area contributed by atoms with E-state index in [4.69, 9.17) is 0 Å². The molecular weight excluding hydrogens is 261 g/mol. The third-order valence-corrected chi connectivity index (χ3v) is 2.37. The summed E-state index contributed by atoms with van der Waals surface area (Å²) in [6.07, 6.45) is -6.05. The molecule has 0 aliphatic carbocycles. The molecule has 1 aromatic carbocycles. The highest BCUT2D eigenvalue weighted by Crippen LogP contribution is 2.21. The molecule has 1 N–H and O–H groups in total. The van der Waals surface area contributed by atoms with Crippen LogP contribution in [0.25, 0.3) is 0 Å². The molecule has 7 heteroatoms. The van der Waals surface area contributed by atoms with Crippen LogP contribution in [-0.2, 0) is 9.59 Å². The number of amides is 2. The quantitative estimate of drug-likeness (QED) is 0.920. The van der Waals surface area contributed by atoms with E-state index >= 15 is 0 Å². The summed E-state index contributed by atoms with van der Waals surface area (Å²) in [7, 11) is 1.57. The van der Waals surface area contributed by atoms with E-state index in [9.17, 15) is 22.8 Å². The van der Waals surface area contributed by atoms with Crippen LogP contribution in [0.2, 0.25) is 0 Å². The monoisotopic (exact) mass is 274 g/mol. The van der Waals surface area contributed by atoms with Crippen LogP contribution < -0.4 is 10.2 Å². The van der Waals surface area contributed by atoms with Crippen LogP contribution in [0.15, 0.2) is 24.3 Å². The Morgan fingerprint density at radius 1 is 1.21 bits per heavy atom. The van der Waals surface area contributed by atoms with E-state index in [1.54, 1.807) is 7.05 Å². The number of carbonyl (C=O) groups is 2. The largest absolute Gasteiger partial charge is 0.397 e. The van der Waals surface area contributed by atoms with Gasteiger partial charge in [0.25, 0.3) is 0 Å². The molecule has 0 saturated carbocycles. The van der Waals surface area contributed by atoms with Gasteiger partial charge in [0.15, 0.2) is 0 Å². The van der Waals surface area contributed by atoms with Crippen molar-refractivity contribution in [2.45, 2.75) is 19.5 Å². The number of benzene rings is 1. The Kier molecular flexibility index (Phi) is 4.52. The Labute approximate surface area is 108 Å². The number of rotatable bonds is 3. The van der Waals surface area contributed by atoms with Crippen molar-refractivity contribution in [1.29, 1.82) is 0 Å². The fourth-order valence-corrected chi connectivity index (χ4v) is 1.34. The van der Waals surface area contributed by atoms with Crippen LogP contribution in [0, 0.1) is 0 Å². The van der Waals surface area contributed by atoms with E-state index in [-0.39, 0.29) is 11.6 Å². The molecule has 0 saturated heterocycles. The molecule has 0 fully saturated rings. The molecular formula is C12H13F3N2O2. The standard InChI is InChI=1S/C12H13F3N2O2/c1-8(18)17(2)10-5-3-9(4-6-10)16-11(19)7-12(13,14)15/h3-6H,7H2,1-2H3,(H,16,19). The van der Waals surface area contributed by atoms with Crippen molar-refractivity contribution < 1.29 is 22.8 Å². The van der Waals surface area contributed by atoms with Crippen molar-refractivity contribution in [1.82, 2.24) is 0 Å². The van der Waals surface area contributed by atoms with Gasteiger partial charge in [-0.15, -0.1) is 0 Å². The molecule has 0 atom stereocenters. The Morgan fingerprint density at radius 3 is 2.16 bits per heavy atom. The lowest BCUT2D eigenvalue weighted by Crippen LogP contribution is -2.23. The van der Waals surface area contributed by atoms with Crippen molar-refractivity contribution in [3.63, 3.8) is 0 Å². The van der Waals surface area contributed by atoms with Crippen molar-refractivity contribution in [2.75, 3.05) is 17.3 Å². The third kappa shape index (κ3) is 4.99. The number of hydrogen-bond acceptors (Lipinski definition) is 2. The molecule has 104 valence electrons. The summed E-state index contributed by atoms with van der Waals surface area (Å²) >= 11 is 0. The summed E-state index contributed by atoms with van der Waals surface area (Å²) in [6, 6.07) is 5.93. The van der Waals surface area contributed by atoms with Gasteiger partial charge in [0.05, 0.1) is 0 Å². The number of alkyl halides is 3. The van der Waals surface area contributed by atoms with E-state index in [0.29, 0.717) is 5.69 Å². The molecule has 1 rings (SSSR count). The molecule has 0 bridgehead atoms. The molecule has 4 nitrogen and oxygen atoms in total.